The highest BCUT2D eigenvalue weighted by Crippen LogP contribution is 2.47. The van der Waals surface area contributed by atoms with Gasteiger partial charge in [0.25, 0.3) is 0 Å². The molecule has 0 bridgehead atoms. The molecule has 1 aromatic carbocycles. The van der Waals surface area contributed by atoms with Gasteiger partial charge in [0.15, 0.2) is 6.23 Å². The van der Waals surface area contributed by atoms with Crippen molar-refractivity contribution in [1.29, 1.82) is 0 Å². The van der Waals surface area contributed by atoms with E-state index in [4.69, 9.17) is 9.84 Å². The lowest BCUT2D eigenvalue weighted by Gasteiger charge is -2.23. The summed E-state index contributed by atoms with van der Waals surface area (Å²) in [6, 6.07) is 6.99. The summed E-state index contributed by atoms with van der Waals surface area (Å²) in [5.41, 5.74) is 0.729. The van der Waals surface area contributed by atoms with Crippen molar-refractivity contribution in [3.05, 3.63) is 29.8 Å². The minimum atomic E-state index is -1.31. The Kier molecular flexibility index (Phi) is 3.41. The number of rotatable bonds is 2. The molecular weight excluding hydrogens is 254 g/mol. The first kappa shape index (κ1) is 13.0. The molecule has 0 aromatic heterocycles. The van der Waals surface area contributed by atoms with E-state index in [2.05, 4.69) is 5.32 Å². The molecule has 1 aliphatic rings. The Balaban J connectivity index is 2.20. The molecule has 1 saturated heterocycles. The fourth-order valence-corrected chi connectivity index (χ4v) is 3.24. The number of hydrogen-bond donors (Lipinski definition) is 3. The van der Waals surface area contributed by atoms with E-state index in [1.807, 2.05) is 19.9 Å². The van der Waals surface area contributed by atoms with Crippen LogP contribution in [0.5, 0.6) is 5.75 Å². The van der Waals surface area contributed by atoms with Crippen molar-refractivity contribution in [1.82, 2.24) is 5.32 Å². The summed E-state index contributed by atoms with van der Waals surface area (Å²) < 4.78 is 4.42. The number of thioether (sulfide) groups is 1. The number of nitrogens with one attached hydrogen (secondary N) is 1. The van der Waals surface area contributed by atoms with Crippen molar-refractivity contribution < 1.29 is 19.7 Å². The van der Waals surface area contributed by atoms with Gasteiger partial charge in [-0.15, -0.1) is 11.8 Å². The second-order valence-corrected chi connectivity index (χ2v) is 6.35. The third kappa shape index (κ3) is 2.54. The van der Waals surface area contributed by atoms with Crippen LogP contribution >= 0.6 is 11.8 Å². The highest BCUT2D eigenvalue weighted by Gasteiger charge is 2.44. The largest absolute Gasteiger partial charge is 0.508 e. The molecule has 1 heterocycles. The summed E-state index contributed by atoms with van der Waals surface area (Å²) in [5, 5.41) is 21.4. The molecule has 2 unspecified atom stereocenters. The average Bonchev–Trinajstić information content (AvgIpc) is 2.54. The van der Waals surface area contributed by atoms with Gasteiger partial charge in [-0.2, -0.15) is 0 Å². The maximum absolute atomic E-state index is 10.6. The van der Waals surface area contributed by atoms with Crippen LogP contribution in [0.15, 0.2) is 24.3 Å². The van der Waals surface area contributed by atoms with E-state index >= 15 is 0 Å². The lowest BCUT2D eigenvalue weighted by atomic mass is 10.1. The molecule has 1 fully saturated rings. The van der Waals surface area contributed by atoms with Crippen LogP contribution in [-0.4, -0.2) is 27.3 Å². The van der Waals surface area contributed by atoms with E-state index in [1.54, 1.807) is 18.2 Å². The molecule has 2 atom stereocenters. The van der Waals surface area contributed by atoms with Crippen LogP contribution in [0.25, 0.3) is 0 Å². The Morgan fingerprint density at radius 1 is 1.44 bits per heavy atom. The van der Waals surface area contributed by atoms with Crippen LogP contribution in [0.1, 0.15) is 24.8 Å². The summed E-state index contributed by atoms with van der Waals surface area (Å²) in [6.07, 6.45) is -1.91. The minimum absolute atomic E-state index is 0.189. The molecule has 18 heavy (non-hydrogen) atoms. The summed E-state index contributed by atoms with van der Waals surface area (Å²) in [7, 11) is 0. The van der Waals surface area contributed by atoms with Crippen molar-refractivity contribution >= 4 is 17.9 Å². The number of hydrogen-bond acceptors (Lipinski definition) is 5. The Morgan fingerprint density at radius 3 is 2.72 bits per heavy atom. The van der Waals surface area contributed by atoms with Gasteiger partial charge in [-0.05, 0) is 19.9 Å². The third-order valence-corrected chi connectivity index (χ3v) is 4.24. The van der Waals surface area contributed by atoms with Gasteiger partial charge in [0.1, 0.15) is 5.75 Å². The maximum atomic E-state index is 10.6. The zero-order valence-electron chi connectivity index (χ0n) is 10.1. The van der Waals surface area contributed by atoms with Gasteiger partial charge in [-0.1, -0.05) is 18.2 Å². The smallest absolute Gasteiger partial charge is 0.507 e. The first-order valence-corrected chi connectivity index (χ1v) is 6.39. The predicted molar refractivity (Wildman–Crippen MR) is 68.6 cm³/mol. The number of aromatic hydroxyl groups is 1. The predicted octanol–water partition coefficient (Wildman–Crippen LogP) is 2.53. The van der Waals surface area contributed by atoms with Gasteiger partial charge in [0.05, 0.1) is 10.1 Å². The third-order valence-electron chi connectivity index (χ3n) is 2.79. The molecule has 98 valence electrons. The van der Waals surface area contributed by atoms with Crippen LogP contribution < -0.4 is 5.32 Å². The average molecular weight is 269 g/mol. The Hall–Kier alpha value is -1.40. The molecule has 0 amide bonds. The highest BCUT2D eigenvalue weighted by atomic mass is 32.2. The number of benzene rings is 1. The van der Waals surface area contributed by atoms with Gasteiger partial charge in [0, 0.05) is 5.56 Å². The summed E-state index contributed by atoms with van der Waals surface area (Å²) in [4.78, 5) is 10.6. The lowest BCUT2D eigenvalue weighted by molar-refractivity contribution is 0.0274. The maximum Gasteiger partial charge on any atom is 0.507 e. The molecular formula is C12H15NO4S. The molecule has 1 aromatic rings. The van der Waals surface area contributed by atoms with Gasteiger partial charge >= 0.3 is 6.16 Å². The molecule has 0 radical (unpaired) electrons. The van der Waals surface area contributed by atoms with E-state index in [0.717, 1.165) is 5.56 Å². The number of phenolic OH excluding ortho intramolecular Hbond substituents is 1. The first-order chi connectivity index (χ1) is 8.40. The van der Waals surface area contributed by atoms with E-state index in [1.165, 1.54) is 11.8 Å². The Labute approximate surface area is 109 Å². The number of phenols is 1. The van der Waals surface area contributed by atoms with Crippen LogP contribution in [0, 0.1) is 0 Å². The lowest BCUT2D eigenvalue weighted by Crippen LogP contribution is -2.40. The van der Waals surface area contributed by atoms with Crippen LogP contribution in [-0.2, 0) is 4.74 Å². The molecule has 5 nitrogen and oxygen atoms in total. The second-order valence-electron chi connectivity index (χ2n) is 4.59. The standard InChI is InChI=1S/C12H15NO4S/c1-12(2)10(17-11(15)16)13-9(18-12)7-5-3-4-6-8(7)14/h3-6,9-10,13-14H,1-2H3,(H,15,16). The quantitative estimate of drug-likeness (QED) is 0.716. The molecule has 0 spiro atoms. The number of para-hydroxylation sites is 1. The van der Waals surface area contributed by atoms with Gasteiger partial charge < -0.3 is 14.9 Å². The van der Waals surface area contributed by atoms with Crippen molar-refractivity contribution in [3.8, 4) is 5.75 Å². The van der Waals surface area contributed by atoms with Crippen molar-refractivity contribution in [2.75, 3.05) is 0 Å². The minimum Gasteiger partial charge on any atom is -0.508 e. The summed E-state index contributed by atoms with van der Waals surface area (Å²) >= 11 is 1.53. The SMILES string of the molecule is CC1(C)SC(c2ccccc2O)NC1OC(=O)O. The fraction of sp³-hybridized carbons (Fsp3) is 0.417. The molecule has 0 aliphatic carbocycles. The van der Waals surface area contributed by atoms with Crippen LogP contribution in [0.3, 0.4) is 0 Å². The molecule has 2 rings (SSSR count). The van der Waals surface area contributed by atoms with Gasteiger partial charge in [-0.25, -0.2) is 4.79 Å². The fourth-order valence-electron chi connectivity index (χ4n) is 1.88. The van der Waals surface area contributed by atoms with E-state index in [-0.39, 0.29) is 11.1 Å². The monoisotopic (exact) mass is 269 g/mol. The summed E-state index contributed by atoms with van der Waals surface area (Å²) in [5.74, 6) is 0.189. The zero-order chi connectivity index (χ0) is 13.3. The molecule has 3 N–H and O–H groups in total. The van der Waals surface area contributed by atoms with E-state index < -0.39 is 17.1 Å². The van der Waals surface area contributed by atoms with Crippen molar-refractivity contribution in [3.63, 3.8) is 0 Å². The van der Waals surface area contributed by atoms with E-state index in [0.29, 0.717) is 0 Å². The number of carboxylic acid groups (broad SMARTS) is 1. The molecule has 6 heteroatoms. The first-order valence-electron chi connectivity index (χ1n) is 5.51. The van der Waals surface area contributed by atoms with Gasteiger partial charge in [-0.3, -0.25) is 5.32 Å². The Morgan fingerprint density at radius 2 is 2.11 bits per heavy atom. The zero-order valence-corrected chi connectivity index (χ0v) is 10.9. The van der Waals surface area contributed by atoms with E-state index in [9.17, 15) is 9.90 Å². The number of carbonyl (C=O) groups is 1. The Bertz CT molecular complexity index is 463. The molecule has 1 aliphatic heterocycles. The van der Waals surface area contributed by atoms with Crippen LogP contribution in [0.4, 0.5) is 4.79 Å². The van der Waals surface area contributed by atoms with Gasteiger partial charge in [0.2, 0.25) is 0 Å². The summed E-state index contributed by atoms with van der Waals surface area (Å²) in [6.45, 7) is 3.80. The van der Waals surface area contributed by atoms with Crippen molar-refractivity contribution in [2.24, 2.45) is 0 Å². The van der Waals surface area contributed by atoms with Crippen molar-refractivity contribution in [2.45, 2.75) is 30.2 Å². The highest BCUT2D eigenvalue weighted by molar-refractivity contribution is 8.01. The van der Waals surface area contributed by atoms with Crippen LogP contribution in [0.2, 0.25) is 0 Å². The normalized spacial score (nSPS) is 25.9. The second kappa shape index (κ2) is 4.70. The topological polar surface area (TPSA) is 78.8 Å². The number of ether oxygens (including phenoxy) is 1. The molecule has 0 saturated carbocycles.